The SMILES string of the molecule is CCCCCN1C(=O)C(CC)Oc2cc(CN)ccc21. The van der Waals surface area contributed by atoms with Crippen LogP contribution in [0.25, 0.3) is 0 Å². The van der Waals surface area contributed by atoms with Crippen LogP contribution >= 0.6 is 0 Å². The standard InChI is InChI=1S/C16H24N2O2/c1-3-5-6-9-18-13-8-7-12(11-17)10-15(13)20-14(4-2)16(18)19/h7-8,10,14H,3-6,9,11,17H2,1-2H3. The number of hydrogen-bond donors (Lipinski definition) is 1. The van der Waals surface area contributed by atoms with Crippen LogP contribution in [-0.4, -0.2) is 18.6 Å². The first-order valence-electron chi connectivity index (χ1n) is 7.52. The fourth-order valence-electron chi connectivity index (χ4n) is 2.51. The molecule has 1 aromatic rings. The topological polar surface area (TPSA) is 55.6 Å². The molecule has 0 radical (unpaired) electrons. The molecular weight excluding hydrogens is 252 g/mol. The van der Waals surface area contributed by atoms with Crippen molar-refractivity contribution in [3.8, 4) is 5.75 Å². The second kappa shape index (κ2) is 6.75. The van der Waals surface area contributed by atoms with Gasteiger partial charge in [0.2, 0.25) is 0 Å². The van der Waals surface area contributed by atoms with E-state index in [1.165, 1.54) is 0 Å². The number of unbranched alkanes of at least 4 members (excludes halogenated alkanes) is 2. The maximum Gasteiger partial charge on any atom is 0.268 e. The summed E-state index contributed by atoms with van der Waals surface area (Å²) in [5.41, 5.74) is 7.59. The molecule has 0 aliphatic carbocycles. The van der Waals surface area contributed by atoms with Crippen molar-refractivity contribution >= 4 is 11.6 Å². The maximum atomic E-state index is 12.4. The van der Waals surface area contributed by atoms with Gasteiger partial charge in [-0.15, -0.1) is 0 Å². The van der Waals surface area contributed by atoms with Gasteiger partial charge in [-0.1, -0.05) is 32.8 Å². The molecule has 110 valence electrons. The van der Waals surface area contributed by atoms with Crippen molar-refractivity contribution in [3.05, 3.63) is 23.8 Å². The Morgan fingerprint density at radius 3 is 2.75 bits per heavy atom. The number of fused-ring (bicyclic) bond motifs is 1. The van der Waals surface area contributed by atoms with Gasteiger partial charge >= 0.3 is 0 Å². The molecule has 1 aromatic carbocycles. The molecule has 20 heavy (non-hydrogen) atoms. The Kier molecular flexibility index (Phi) is 5.01. The first-order valence-corrected chi connectivity index (χ1v) is 7.52. The van der Waals surface area contributed by atoms with Gasteiger partial charge in [0.1, 0.15) is 5.75 Å². The highest BCUT2D eigenvalue weighted by molar-refractivity contribution is 6.00. The molecule has 1 aliphatic heterocycles. The van der Waals surface area contributed by atoms with Crippen LogP contribution in [0.5, 0.6) is 5.75 Å². The van der Waals surface area contributed by atoms with Gasteiger partial charge in [-0.25, -0.2) is 0 Å². The van der Waals surface area contributed by atoms with Gasteiger partial charge in [0, 0.05) is 13.1 Å². The van der Waals surface area contributed by atoms with E-state index >= 15 is 0 Å². The van der Waals surface area contributed by atoms with E-state index in [-0.39, 0.29) is 12.0 Å². The van der Waals surface area contributed by atoms with Gasteiger partial charge < -0.3 is 15.4 Å². The zero-order valence-corrected chi connectivity index (χ0v) is 12.4. The second-order valence-corrected chi connectivity index (χ2v) is 5.22. The second-order valence-electron chi connectivity index (χ2n) is 5.22. The Hall–Kier alpha value is -1.55. The Bertz CT molecular complexity index is 474. The van der Waals surface area contributed by atoms with E-state index in [4.69, 9.17) is 10.5 Å². The van der Waals surface area contributed by atoms with Gasteiger partial charge in [0.25, 0.3) is 5.91 Å². The normalized spacial score (nSPS) is 17.9. The van der Waals surface area contributed by atoms with Gasteiger partial charge in [0.15, 0.2) is 6.10 Å². The lowest BCUT2D eigenvalue weighted by Gasteiger charge is -2.34. The number of carbonyl (C=O) groups is 1. The first kappa shape index (κ1) is 14.9. The Morgan fingerprint density at radius 1 is 1.30 bits per heavy atom. The van der Waals surface area contributed by atoms with Crippen LogP contribution in [0.1, 0.15) is 45.1 Å². The molecule has 0 spiro atoms. The maximum absolute atomic E-state index is 12.4. The smallest absolute Gasteiger partial charge is 0.268 e. The molecule has 1 atom stereocenters. The first-order chi connectivity index (χ1) is 9.71. The van der Waals surface area contributed by atoms with Crippen LogP contribution in [0.2, 0.25) is 0 Å². The summed E-state index contributed by atoms with van der Waals surface area (Å²) < 4.78 is 5.83. The summed E-state index contributed by atoms with van der Waals surface area (Å²) in [6.07, 6.45) is 3.63. The van der Waals surface area contributed by atoms with Crippen molar-refractivity contribution in [1.29, 1.82) is 0 Å². The van der Waals surface area contributed by atoms with E-state index in [0.717, 1.165) is 42.8 Å². The van der Waals surface area contributed by atoms with Crippen LogP contribution in [0, 0.1) is 0 Å². The van der Waals surface area contributed by atoms with E-state index in [1.54, 1.807) is 0 Å². The average Bonchev–Trinajstić information content (AvgIpc) is 2.48. The fourth-order valence-corrected chi connectivity index (χ4v) is 2.51. The van der Waals surface area contributed by atoms with Gasteiger partial charge in [-0.05, 0) is 30.5 Å². The number of amides is 1. The molecule has 0 saturated heterocycles. The third-order valence-electron chi connectivity index (χ3n) is 3.72. The van der Waals surface area contributed by atoms with E-state index < -0.39 is 0 Å². The molecule has 2 N–H and O–H groups in total. The average molecular weight is 276 g/mol. The molecule has 2 rings (SSSR count). The van der Waals surface area contributed by atoms with Crippen LogP contribution in [0.15, 0.2) is 18.2 Å². The number of nitrogens with zero attached hydrogens (tertiary/aromatic N) is 1. The number of anilines is 1. The Balaban J connectivity index is 2.27. The lowest BCUT2D eigenvalue weighted by atomic mass is 10.1. The third-order valence-corrected chi connectivity index (χ3v) is 3.72. The van der Waals surface area contributed by atoms with Crippen molar-refractivity contribution in [2.24, 2.45) is 5.73 Å². The molecule has 0 bridgehead atoms. The van der Waals surface area contributed by atoms with Gasteiger partial charge in [0.05, 0.1) is 5.69 Å². The van der Waals surface area contributed by atoms with Crippen molar-refractivity contribution in [3.63, 3.8) is 0 Å². The van der Waals surface area contributed by atoms with E-state index in [1.807, 2.05) is 30.0 Å². The van der Waals surface area contributed by atoms with Crippen molar-refractivity contribution in [2.45, 2.75) is 52.2 Å². The van der Waals surface area contributed by atoms with Crippen molar-refractivity contribution in [1.82, 2.24) is 0 Å². The number of hydrogen-bond acceptors (Lipinski definition) is 3. The Labute approximate surface area is 120 Å². The van der Waals surface area contributed by atoms with E-state index in [9.17, 15) is 4.79 Å². The summed E-state index contributed by atoms with van der Waals surface area (Å²) in [5, 5.41) is 0. The minimum Gasteiger partial charge on any atom is -0.478 e. The quantitative estimate of drug-likeness (QED) is 0.813. The van der Waals surface area contributed by atoms with Crippen LogP contribution in [0.3, 0.4) is 0 Å². The molecule has 4 nitrogen and oxygen atoms in total. The molecule has 1 unspecified atom stereocenters. The number of benzene rings is 1. The summed E-state index contributed by atoms with van der Waals surface area (Å²) in [6.45, 7) is 5.39. The third kappa shape index (κ3) is 2.96. The molecule has 1 amide bonds. The summed E-state index contributed by atoms with van der Waals surface area (Å²) >= 11 is 0. The Morgan fingerprint density at radius 2 is 2.10 bits per heavy atom. The molecule has 0 aromatic heterocycles. The van der Waals surface area contributed by atoms with E-state index in [0.29, 0.717) is 13.0 Å². The highest BCUT2D eigenvalue weighted by Crippen LogP contribution is 2.35. The monoisotopic (exact) mass is 276 g/mol. The van der Waals surface area contributed by atoms with Crippen LogP contribution in [0.4, 0.5) is 5.69 Å². The summed E-state index contributed by atoms with van der Waals surface area (Å²) in [4.78, 5) is 14.3. The van der Waals surface area contributed by atoms with E-state index in [2.05, 4.69) is 6.92 Å². The molecule has 1 heterocycles. The predicted octanol–water partition coefficient (Wildman–Crippen LogP) is 2.84. The molecule has 1 aliphatic rings. The fraction of sp³-hybridized carbons (Fsp3) is 0.562. The zero-order valence-electron chi connectivity index (χ0n) is 12.4. The highest BCUT2D eigenvalue weighted by Gasteiger charge is 2.32. The predicted molar refractivity (Wildman–Crippen MR) is 80.9 cm³/mol. The van der Waals surface area contributed by atoms with Crippen molar-refractivity contribution < 1.29 is 9.53 Å². The lowest BCUT2D eigenvalue weighted by Crippen LogP contribution is -2.46. The zero-order chi connectivity index (χ0) is 14.5. The van der Waals surface area contributed by atoms with Gasteiger partial charge in [-0.2, -0.15) is 0 Å². The highest BCUT2D eigenvalue weighted by atomic mass is 16.5. The molecule has 4 heteroatoms. The van der Waals surface area contributed by atoms with Crippen LogP contribution < -0.4 is 15.4 Å². The van der Waals surface area contributed by atoms with Gasteiger partial charge in [-0.3, -0.25) is 4.79 Å². The number of nitrogens with two attached hydrogens (primary N) is 1. The largest absolute Gasteiger partial charge is 0.478 e. The molecule has 0 saturated carbocycles. The summed E-state index contributed by atoms with van der Waals surface area (Å²) in [5.74, 6) is 0.868. The lowest BCUT2D eigenvalue weighted by molar-refractivity contribution is -0.126. The number of rotatable bonds is 6. The summed E-state index contributed by atoms with van der Waals surface area (Å²) in [6, 6.07) is 5.87. The number of carbonyl (C=O) groups excluding carboxylic acids is 1. The summed E-state index contributed by atoms with van der Waals surface area (Å²) in [7, 11) is 0. The molecule has 0 fully saturated rings. The minimum atomic E-state index is -0.364. The minimum absolute atomic E-state index is 0.0802. The number of ether oxygens (including phenoxy) is 1. The van der Waals surface area contributed by atoms with Crippen LogP contribution in [-0.2, 0) is 11.3 Å². The van der Waals surface area contributed by atoms with Crippen molar-refractivity contribution in [2.75, 3.05) is 11.4 Å². The molecular formula is C16H24N2O2.